The van der Waals surface area contributed by atoms with Crippen LogP contribution in [-0.2, 0) is 14.8 Å². The molecule has 0 bridgehead atoms. The van der Waals surface area contributed by atoms with Gasteiger partial charge in [0.1, 0.15) is 5.75 Å². The van der Waals surface area contributed by atoms with Gasteiger partial charge in [0.15, 0.2) is 0 Å². The maximum Gasteiger partial charge on any atom is 0.240 e. The van der Waals surface area contributed by atoms with Crippen LogP contribution in [0, 0.1) is 20.8 Å². The quantitative estimate of drug-likeness (QED) is 0.667. The van der Waals surface area contributed by atoms with Crippen LogP contribution in [0.3, 0.4) is 0 Å². The zero-order chi connectivity index (χ0) is 20.7. The predicted octanol–water partition coefficient (Wildman–Crippen LogP) is 3.71. The summed E-state index contributed by atoms with van der Waals surface area (Å²) in [7, 11) is -3.64. The maximum atomic E-state index is 12.4. The van der Waals surface area contributed by atoms with Crippen LogP contribution in [0.4, 0.5) is 5.69 Å². The fourth-order valence-electron chi connectivity index (χ4n) is 2.56. The van der Waals surface area contributed by atoms with Crippen LogP contribution < -0.4 is 14.8 Å². The Hall–Kier alpha value is -2.38. The van der Waals surface area contributed by atoms with E-state index in [1.807, 2.05) is 33.8 Å². The van der Waals surface area contributed by atoms with E-state index in [9.17, 15) is 13.2 Å². The van der Waals surface area contributed by atoms with Crippen LogP contribution in [0.15, 0.2) is 41.3 Å². The molecule has 0 aromatic heterocycles. The predicted molar refractivity (Wildman–Crippen MR) is 111 cm³/mol. The largest absolute Gasteiger partial charge is 0.494 e. The first kappa shape index (κ1) is 21.9. The first-order valence-corrected chi connectivity index (χ1v) is 10.8. The van der Waals surface area contributed by atoms with Crippen molar-refractivity contribution >= 4 is 21.6 Å². The van der Waals surface area contributed by atoms with E-state index in [1.54, 1.807) is 30.3 Å². The van der Waals surface area contributed by atoms with Crippen molar-refractivity contribution in [1.82, 2.24) is 4.72 Å². The number of rotatable bonds is 9. The Balaban J connectivity index is 1.89. The van der Waals surface area contributed by atoms with Crippen molar-refractivity contribution in [3.8, 4) is 5.75 Å². The highest BCUT2D eigenvalue weighted by atomic mass is 32.2. The number of sulfonamides is 1. The lowest BCUT2D eigenvalue weighted by Gasteiger charge is -2.12. The van der Waals surface area contributed by atoms with E-state index in [2.05, 4.69) is 10.0 Å². The third kappa shape index (κ3) is 6.07. The molecule has 0 spiro atoms. The number of carbonyl (C=O) groups excluding carboxylic acids is 1. The molecule has 0 unspecified atom stereocenters. The molecular weight excluding hydrogens is 376 g/mol. The van der Waals surface area contributed by atoms with Gasteiger partial charge >= 0.3 is 0 Å². The second-order valence-corrected chi connectivity index (χ2v) is 8.53. The van der Waals surface area contributed by atoms with Gasteiger partial charge in [0.2, 0.25) is 15.9 Å². The van der Waals surface area contributed by atoms with E-state index in [4.69, 9.17) is 4.74 Å². The van der Waals surface area contributed by atoms with E-state index in [-0.39, 0.29) is 23.8 Å². The highest BCUT2D eigenvalue weighted by Gasteiger charge is 2.15. The zero-order valence-corrected chi connectivity index (χ0v) is 17.7. The molecule has 7 heteroatoms. The summed E-state index contributed by atoms with van der Waals surface area (Å²) >= 11 is 0. The lowest BCUT2D eigenvalue weighted by Crippen LogP contribution is -2.28. The smallest absolute Gasteiger partial charge is 0.240 e. The summed E-state index contributed by atoms with van der Waals surface area (Å²) in [5.41, 5.74) is 3.51. The first-order chi connectivity index (χ1) is 13.2. The minimum Gasteiger partial charge on any atom is -0.494 e. The van der Waals surface area contributed by atoms with Gasteiger partial charge in [0.25, 0.3) is 0 Å². The number of hydrogen-bond donors (Lipinski definition) is 2. The zero-order valence-electron chi connectivity index (χ0n) is 16.8. The lowest BCUT2D eigenvalue weighted by atomic mass is 10.1. The lowest BCUT2D eigenvalue weighted by molar-refractivity contribution is -0.116. The van der Waals surface area contributed by atoms with E-state index in [1.165, 1.54) is 0 Å². The van der Waals surface area contributed by atoms with Crippen LogP contribution >= 0.6 is 0 Å². The van der Waals surface area contributed by atoms with Crippen molar-refractivity contribution in [2.45, 2.75) is 45.4 Å². The number of benzene rings is 2. The summed E-state index contributed by atoms with van der Waals surface area (Å²) in [6.45, 7) is 8.38. The number of aryl methyl sites for hydroxylation is 3. The second-order valence-electron chi connectivity index (χ2n) is 6.77. The summed E-state index contributed by atoms with van der Waals surface area (Å²) < 4.78 is 32.8. The minimum atomic E-state index is -3.64. The average Bonchev–Trinajstić information content (AvgIpc) is 2.64. The Morgan fingerprint density at radius 1 is 1.00 bits per heavy atom. The van der Waals surface area contributed by atoms with Crippen LogP contribution in [0.2, 0.25) is 0 Å². The van der Waals surface area contributed by atoms with E-state index >= 15 is 0 Å². The highest BCUT2D eigenvalue weighted by Crippen LogP contribution is 2.21. The molecule has 0 heterocycles. The molecule has 0 aliphatic rings. The van der Waals surface area contributed by atoms with Gasteiger partial charge in [-0.1, -0.05) is 13.0 Å². The Morgan fingerprint density at radius 3 is 2.39 bits per heavy atom. The van der Waals surface area contributed by atoms with Crippen molar-refractivity contribution in [1.29, 1.82) is 0 Å². The topological polar surface area (TPSA) is 84.5 Å². The maximum absolute atomic E-state index is 12.4. The number of carbonyl (C=O) groups is 1. The van der Waals surface area contributed by atoms with Gasteiger partial charge in [-0.3, -0.25) is 4.79 Å². The van der Waals surface area contributed by atoms with Gasteiger partial charge in [0.05, 0.1) is 11.5 Å². The Morgan fingerprint density at radius 2 is 1.75 bits per heavy atom. The molecule has 152 valence electrons. The molecule has 0 aliphatic carbocycles. The van der Waals surface area contributed by atoms with Crippen molar-refractivity contribution in [3.05, 3.63) is 53.1 Å². The molecule has 0 saturated heterocycles. The van der Waals surface area contributed by atoms with Crippen LogP contribution in [0.25, 0.3) is 0 Å². The first-order valence-electron chi connectivity index (χ1n) is 9.33. The molecule has 6 nitrogen and oxygen atoms in total. The molecule has 2 aromatic carbocycles. The molecule has 2 aromatic rings. The molecule has 0 atom stereocenters. The van der Waals surface area contributed by atoms with Crippen molar-refractivity contribution < 1.29 is 17.9 Å². The van der Waals surface area contributed by atoms with Crippen molar-refractivity contribution in [3.63, 3.8) is 0 Å². The SMILES string of the molecule is CCCOc1ccc(NC(=O)CCNS(=O)(=O)c2ccc(C)c(C)c2)c(C)c1. The second kappa shape index (κ2) is 9.71. The summed E-state index contributed by atoms with van der Waals surface area (Å²) in [6, 6.07) is 10.4. The molecule has 0 saturated carbocycles. The summed E-state index contributed by atoms with van der Waals surface area (Å²) in [5, 5.41) is 2.81. The van der Waals surface area contributed by atoms with Gasteiger partial charge in [-0.25, -0.2) is 13.1 Å². The molecule has 1 amide bonds. The van der Waals surface area contributed by atoms with Gasteiger partial charge in [-0.15, -0.1) is 0 Å². The molecule has 28 heavy (non-hydrogen) atoms. The summed E-state index contributed by atoms with van der Waals surface area (Å²) in [5.74, 6) is 0.506. The van der Waals surface area contributed by atoms with E-state index in [0.717, 1.165) is 28.9 Å². The monoisotopic (exact) mass is 404 g/mol. The van der Waals surface area contributed by atoms with Crippen LogP contribution in [-0.4, -0.2) is 27.5 Å². The normalized spacial score (nSPS) is 11.3. The fraction of sp³-hybridized carbons (Fsp3) is 0.381. The van der Waals surface area contributed by atoms with Gasteiger partial charge < -0.3 is 10.1 Å². The van der Waals surface area contributed by atoms with Crippen LogP contribution in [0.1, 0.15) is 36.5 Å². The van der Waals surface area contributed by atoms with Crippen molar-refractivity contribution in [2.24, 2.45) is 0 Å². The van der Waals surface area contributed by atoms with Gasteiger partial charge in [0, 0.05) is 18.7 Å². The summed E-state index contributed by atoms with van der Waals surface area (Å²) in [4.78, 5) is 12.4. The molecule has 0 aliphatic heterocycles. The van der Waals surface area contributed by atoms with Gasteiger partial charge in [-0.2, -0.15) is 0 Å². The molecule has 2 N–H and O–H groups in total. The molecule has 0 fully saturated rings. The number of hydrogen-bond acceptors (Lipinski definition) is 4. The van der Waals surface area contributed by atoms with E-state index in [0.29, 0.717) is 12.3 Å². The standard InChI is InChI=1S/C21H28N2O4S/c1-5-12-27-18-7-9-20(17(4)13-18)23-21(24)10-11-22-28(25,26)19-8-6-15(2)16(3)14-19/h6-9,13-14,22H,5,10-12H2,1-4H3,(H,23,24). The number of anilines is 1. The number of amides is 1. The fourth-order valence-corrected chi connectivity index (χ4v) is 3.68. The summed E-state index contributed by atoms with van der Waals surface area (Å²) in [6.07, 6.45) is 0.965. The third-order valence-corrected chi connectivity index (χ3v) is 5.84. The van der Waals surface area contributed by atoms with Crippen molar-refractivity contribution in [2.75, 3.05) is 18.5 Å². The van der Waals surface area contributed by atoms with Crippen LogP contribution in [0.5, 0.6) is 5.75 Å². The number of nitrogens with one attached hydrogen (secondary N) is 2. The Labute approximate surface area is 167 Å². The molecule has 2 rings (SSSR count). The molecular formula is C21H28N2O4S. The minimum absolute atomic E-state index is 0.0256. The average molecular weight is 405 g/mol. The Kier molecular flexibility index (Phi) is 7.60. The van der Waals surface area contributed by atoms with Gasteiger partial charge in [-0.05, 0) is 74.2 Å². The number of ether oxygens (including phenoxy) is 1. The van der Waals surface area contributed by atoms with E-state index < -0.39 is 10.0 Å². The third-order valence-electron chi connectivity index (χ3n) is 4.38. The Bertz CT molecular complexity index is 939. The molecule has 0 radical (unpaired) electrons. The highest BCUT2D eigenvalue weighted by molar-refractivity contribution is 7.89.